The summed E-state index contributed by atoms with van der Waals surface area (Å²) in [5, 5.41) is 11.1. The molecule has 0 heterocycles. The van der Waals surface area contributed by atoms with Crippen LogP contribution in [0.15, 0.2) is 18.2 Å². The zero-order valence-corrected chi connectivity index (χ0v) is 10.3. The topological polar surface area (TPSA) is 61.6 Å². The lowest BCUT2D eigenvalue weighted by molar-refractivity contribution is -0.385. The van der Waals surface area contributed by atoms with Gasteiger partial charge in [-0.15, -0.1) is 0 Å². The van der Waals surface area contributed by atoms with Crippen LogP contribution < -0.4 is 4.74 Å². The first-order valence-corrected chi connectivity index (χ1v) is 5.67. The van der Waals surface area contributed by atoms with Crippen molar-refractivity contribution in [1.29, 1.82) is 0 Å². The molecule has 0 aliphatic heterocycles. The van der Waals surface area contributed by atoms with E-state index in [-0.39, 0.29) is 11.4 Å². The molecule has 1 aromatic carbocycles. The van der Waals surface area contributed by atoms with Gasteiger partial charge in [0, 0.05) is 36.8 Å². The second-order valence-electron chi connectivity index (χ2n) is 3.27. The monoisotopic (exact) mass is 259 g/mol. The Labute approximate surface area is 104 Å². The standard InChI is InChI=1S/C11H14ClNO4/c1-2-16-6-3-7-17-11-8-9(12)4-5-10(11)13(14)15/h4-5,8H,2-3,6-7H2,1H3. The van der Waals surface area contributed by atoms with E-state index in [0.717, 1.165) is 0 Å². The molecule has 0 fully saturated rings. The Bertz CT molecular complexity index is 384. The molecule has 6 heteroatoms. The van der Waals surface area contributed by atoms with E-state index in [4.69, 9.17) is 21.1 Å². The van der Waals surface area contributed by atoms with Gasteiger partial charge in [0.15, 0.2) is 5.75 Å². The summed E-state index contributed by atoms with van der Waals surface area (Å²) < 4.78 is 10.5. The van der Waals surface area contributed by atoms with E-state index in [2.05, 4.69) is 0 Å². The zero-order valence-electron chi connectivity index (χ0n) is 9.52. The molecule has 17 heavy (non-hydrogen) atoms. The van der Waals surface area contributed by atoms with Gasteiger partial charge < -0.3 is 9.47 Å². The van der Waals surface area contributed by atoms with Gasteiger partial charge in [0.1, 0.15) is 0 Å². The summed E-state index contributed by atoms with van der Waals surface area (Å²) in [4.78, 5) is 10.2. The van der Waals surface area contributed by atoms with E-state index in [1.54, 1.807) is 0 Å². The Kier molecular flexibility index (Phi) is 5.72. The summed E-state index contributed by atoms with van der Waals surface area (Å²) in [7, 11) is 0. The van der Waals surface area contributed by atoms with E-state index < -0.39 is 4.92 Å². The third-order valence-electron chi connectivity index (χ3n) is 2.01. The van der Waals surface area contributed by atoms with Crippen molar-refractivity contribution < 1.29 is 14.4 Å². The van der Waals surface area contributed by atoms with Crippen LogP contribution in [0.5, 0.6) is 5.75 Å². The lowest BCUT2D eigenvalue weighted by atomic mass is 10.3. The Balaban J connectivity index is 2.56. The Morgan fingerprint density at radius 2 is 2.18 bits per heavy atom. The van der Waals surface area contributed by atoms with Crippen molar-refractivity contribution in [2.24, 2.45) is 0 Å². The van der Waals surface area contributed by atoms with Crippen molar-refractivity contribution in [3.63, 3.8) is 0 Å². The van der Waals surface area contributed by atoms with E-state index in [1.807, 2.05) is 6.92 Å². The molecular formula is C11H14ClNO4. The molecule has 5 nitrogen and oxygen atoms in total. The molecule has 0 N–H and O–H groups in total. The number of nitrogens with zero attached hydrogens (tertiary/aromatic N) is 1. The molecule has 0 spiro atoms. The number of nitro groups is 1. The molecule has 0 amide bonds. The van der Waals surface area contributed by atoms with Crippen LogP contribution >= 0.6 is 11.6 Å². The van der Waals surface area contributed by atoms with Crippen LogP contribution in [0.1, 0.15) is 13.3 Å². The predicted molar refractivity (Wildman–Crippen MR) is 64.7 cm³/mol. The maximum Gasteiger partial charge on any atom is 0.311 e. The maximum absolute atomic E-state index is 10.7. The minimum absolute atomic E-state index is 0.0780. The number of ether oxygens (including phenoxy) is 2. The minimum Gasteiger partial charge on any atom is -0.487 e. The van der Waals surface area contributed by atoms with Crippen LogP contribution in [0.2, 0.25) is 5.02 Å². The third kappa shape index (κ3) is 4.58. The number of benzene rings is 1. The van der Waals surface area contributed by atoms with Crippen molar-refractivity contribution in [2.45, 2.75) is 13.3 Å². The first-order chi connectivity index (χ1) is 8.15. The number of hydrogen-bond donors (Lipinski definition) is 0. The number of halogens is 1. The van der Waals surface area contributed by atoms with Gasteiger partial charge in [0.05, 0.1) is 11.5 Å². The highest BCUT2D eigenvalue weighted by Gasteiger charge is 2.14. The number of rotatable bonds is 7. The lowest BCUT2D eigenvalue weighted by Crippen LogP contribution is -2.04. The predicted octanol–water partition coefficient (Wildman–Crippen LogP) is 3.05. The van der Waals surface area contributed by atoms with E-state index in [9.17, 15) is 10.1 Å². The number of hydrogen-bond acceptors (Lipinski definition) is 4. The highest BCUT2D eigenvalue weighted by molar-refractivity contribution is 6.30. The average molecular weight is 260 g/mol. The molecule has 0 bridgehead atoms. The molecule has 0 saturated carbocycles. The molecule has 0 aromatic heterocycles. The van der Waals surface area contributed by atoms with Crippen molar-refractivity contribution in [3.05, 3.63) is 33.3 Å². The zero-order chi connectivity index (χ0) is 12.7. The van der Waals surface area contributed by atoms with Crippen LogP contribution in [0.3, 0.4) is 0 Å². The fraction of sp³-hybridized carbons (Fsp3) is 0.455. The molecule has 0 unspecified atom stereocenters. The molecule has 94 valence electrons. The van der Waals surface area contributed by atoms with Crippen LogP contribution in [0, 0.1) is 10.1 Å². The summed E-state index contributed by atoms with van der Waals surface area (Å²) in [5.74, 6) is 0.194. The van der Waals surface area contributed by atoms with Crippen molar-refractivity contribution in [3.8, 4) is 5.75 Å². The number of nitro benzene ring substituents is 1. The largest absolute Gasteiger partial charge is 0.487 e. The molecule has 0 atom stereocenters. The van der Waals surface area contributed by atoms with Gasteiger partial charge in [-0.2, -0.15) is 0 Å². The molecule has 0 aliphatic carbocycles. The smallest absolute Gasteiger partial charge is 0.311 e. The van der Waals surface area contributed by atoms with Gasteiger partial charge in [-0.05, 0) is 13.0 Å². The minimum atomic E-state index is -0.492. The van der Waals surface area contributed by atoms with Crippen molar-refractivity contribution >= 4 is 17.3 Å². The Morgan fingerprint density at radius 3 is 2.82 bits per heavy atom. The molecule has 0 radical (unpaired) electrons. The van der Waals surface area contributed by atoms with E-state index in [0.29, 0.717) is 31.3 Å². The molecule has 1 aromatic rings. The summed E-state index contributed by atoms with van der Waals surface area (Å²) >= 11 is 5.76. The van der Waals surface area contributed by atoms with Gasteiger partial charge in [-0.1, -0.05) is 11.6 Å². The van der Waals surface area contributed by atoms with Gasteiger partial charge >= 0.3 is 5.69 Å². The first-order valence-electron chi connectivity index (χ1n) is 5.29. The molecule has 0 saturated heterocycles. The molecular weight excluding hydrogens is 246 g/mol. The van der Waals surface area contributed by atoms with Crippen molar-refractivity contribution in [2.75, 3.05) is 19.8 Å². The molecule has 1 rings (SSSR count). The van der Waals surface area contributed by atoms with Crippen molar-refractivity contribution in [1.82, 2.24) is 0 Å². The van der Waals surface area contributed by atoms with E-state index >= 15 is 0 Å². The fourth-order valence-corrected chi connectivity index (χ4v) is 1.40. The van der Waals surface area contributed by atoms with Crippen LogP contribution in [-0.4, -0.2) is 24.7 Å². The maximum atomic E-state index is 10.7. The van der Waals surface area contributed by atoms with Crippen LogP contribution in [0.4, 0.5) is 5.69 Å². The van der Waals surface area contributed by atoms with Crippen LogP contribution in [-0.2, 0) is 4.74 Å². The fourth-order valence-electron chi connectivity index (χ4n) is 1.24. The van der Waals surface area contributed by atoms with E-state index in [1.165, 1.54) is 18.2 Å². The van der Waals surface area contributed by atoms with Gasteiger partial charge in [0.25, 0.3) is 0 Å². The summed E-state index contributed by atoms with van der Waals surface area (Å²) in [6.07, 6.45) is 0.678. The van der Waals surface area contributed by atoms with Gasteiger partial charge in [-0.25, -0.2) is 0 Å². The Hall–Kier alpha value is -1.33. The van der Waals surface area contributed by atoms with Gasteiger partial charge in [-0.3, -0.25) is 10.1 Å². The average Bonchev–Trinajstić information content (AvgIpc) is 2.28. The third-order valence-corrected chi connectivity index (χ3v) is 2.25. The van der Waals surface area contributed by atoms with Crippen LogP contribution in [0.25, 0.3) is 0 Å². The summed E-state index contributed by atoms with van der Waals surface area (Å²) in [6, 6.07) is 4.24. The summed E-state index contributed by atoms with van der Waals surface area (Å²) in [5.41, 5.74) is -0.0780. The highest BCUT2D eigenvalue weighted by atomic mass is 35.5. The Morgan fingerprint density at radius 1 is 1.41 bits per heavy atom. The highest BCUT2D eigenvalue weighted by Crippen LogP contribution is 2.29. The quantitative estimate of drug-likeness (QED) is 0.429. The summed E-state index contributed by atoms with van der Waals surface area (Å²) in [6.45, 7) is 3.49. The second-order valence-corrected chi connectivity index (χ2v) is 3.70. The first kappa shape index (κ1) is 13.7. The normalized spacial score (nSPS) is 10.2. The second kappa shape index (κ2) is 7.09. The van der Waals surface area contributed by atoms with Gasteiger partial charge in [0.2, 0.25) is 0 Å². The lowest BCUT2D eigenvalue weighted by Gasteiger charge is -2.07. The molecule has 0 aliphatic rings. The SMILES string of the molecule is CCOCCCOc1cc(Cl)ccc1[N+](=O)[O-].